The zero-order valence-corrected chi connectivity index (χ0v) is 14.9. The van der Waals surface area contributed by atoms with Crippen LogP contribution in [0, 0.1) is 11.3 Å². The molecular weight excluding hydrogens is 332 g/mol. The SMILES string of the molecule is C[C@H](c1nc2ccccc2s1)N(C)CC(=O)Nc1cccc(C#N)c1. The molecule has 126 valence electrons. The quantitative estimate of drug-likeness (QED) is 0.760. The van der Waals surface area contributed by atoms with Gasteiger partial charge in [0.25, 0.3) is 0 Å². The Balaban J connectivity index is 1.65. The minimum atomic E-state index is -0.120. The molecule has 6 heteroatoms. The van der Waals surface area contributed by atoms with Crippen LogP contribution < -0.4 is 5.32 Å². The molecule has 0 aliphatic carbocycles. The molecule has 1 aromatic heterocycles. The summed E-state index contributed by atoms with van der Waals surface area (Å²) in [6.07, 6.45) is 0. The Labute approximate surface area is 150 Å². The van der Waals surface area contributed by atoms with Crippen molar-refractivity contribution in [3.8, 4) is 6.07 Å². The van der Waals surface area contributed by atoms with Crippen molar-refractivity contribution in [2.24, 2.45) is 0 Å². The van der Waals surface area contributed by atoms with Crippen LogP contribution in [0.4, 0.5) is 5.69 Å². The smallest absolute Gasteiger partial charge is 0.238 e. The van der Waals surface area contributed by atoms with E-state index in [4.69, 9.17) is 5.26 Å². The molecule has 0 bridgehead atoms. The van der Waals surface area contributed by atoms with Crippen molar-refractivity contribution >= 4 is 33.1 Å². The number of nitrogens with zero attached hydrogens (tertiary/aromatic N) is 3. The van der Waals surface area contributed by atoms with E-state index in [0.29, 0.717) is 11.3 Å². The maximum Gasteiger partial charge on any atom is 0.238 e. The predicted molar refractivity (Wildman–Crippen MR) is 100 cm³/mol. The lowest BCUT2D eigenvalue weighted by molar-refractivity contribution is -0.117. The summed E-state index contributed by atoms with van der Waals surface area (Å²) >= 11 is 1.65. The molecule has 0 spiro atoms. The number of nitrogens with one attached hydrogen (secondary N) is 1. The highest BCUT2D eigenvalue weighted by molar-refractivity contribution is 7.18. The molecule has 1 atom stereocenters. The topological polar surface area (TPSA) is 69.0 Å². The predicted octanol–water partition coefficient (Wildman–Crippen LogP) is 3.80. The molecule has 0 fully saturated rings. The van der Waals surface area contributed by atoms with Crippen LogP contribution in [0.5, 0.6) is 0 Å². The molecule has 25 heavy (non-hydrogen) atoms. The number of likely N-dealkylation sites (N-methyl/N-ethyl adjacent to an activating group) is 1. The number of benzene rings is 2. The highest BCUT2D eigenvalue weighted by Gasteiger charge is 2.18. The summed E-state index contributed by atoms with van der Waals surface area (Å²) in [5, 5.41) is 12.7. The van der Waals surface area contributed by atoms with E-state index >= 15 is 0 Å². The number of rotatable bonds is 5. The number of amides is 1. The van der Waals surface area contributed by atoms with Gasteiger partial charge in [0.2, 0.25) is 5.91 Å². The number of hydrogen-bond acceptors (Lipinski definition) is 5. The van der Waals surface area contributed by atoms with Gasteiger partial charge in [-0.05, 0) is 44.3 Å². The monoisotopic (exact) mass is 350 g/mol. The van der Waals surface area contributed by atoms with Crippen molar-refractivity contribution < 1.29 is 4.79 Å². The van der Waals surface area contributed by atoms with Gasteiger partial charge in [-0.2, -0.15) is 5.26 Å². The first-order chi connectivity index (χ1) is 12.1. The lowest BCUT2D eigenvalue weighted by Crippen LogP contribution is -2.32. The molecule has 5 nitrogen and oxygen atoms in total. The zero-order valence-electron chi connectivity index (χ0n) is 14.1. The molecule has 3 rings (SSSR count). The van der Waals surface area contributed by atoms with E-state index in [2.05, 4.69) is 22.4 Å². The van der Waals surface area contributed by atoms with E-state index in [1.807, 2.05) is 37.1 Å². The number of anilines is 1. The molecule has 2 aromatic carbocycles. The van der Waals surface area contributed by atoms with Gasteiger partial charge in [-0.15, -0.1) is 11.3 Å². The van der Waals surface area contributed by atoms with E-state index in [1.165, 1.54) is 0 Å². The Bertz CT molecular complexity index is 911. The van der Waals surface area contributed by atoms with Gasteiger partial charge < -0.3 is 5.32 Å². The molecule has 1 heterocycles. The molecule has 0 saturated heterocycles. The third-order valence-electron chi connectivity index (χ3n) is 4.00. The fourth-order valence-corrected chi connectivity index (χ4v) is 3.57. The maximum atomic E-state index is 12.3. The van der Waals surface area contributed by atoms with Gasteiger partial charge in [0, 0.05) is 5.69 Å². The van der Waals surface area contributed by atoms with Crippen LogP contribution in [0.25, 0.3) is 10.2 Å². The van der Waals surface area contributed by atoms with Gasteiger partial charge >= 0.3 is 0 Å². The number of para-hydroxylation sites is 1. The highest BCUT2D eigenvalue weighted by Crippen LogP contribution is 2.28. The third-order valence-corrected chi connectivity index (χ3v) is 5.20. The van der Waals surface area contributed by atoms with E-state index in [0.717, 1.165) is 15.2 Å². The van der Waals surface area contributed by atoms with E-state index in [9.17, 15) is 4.79 Å². The Kier molecular flexibility index (Phi) is 5.08. The number of nitriles is 1. The van der Waals surface area contributed by atoms with Crippen molar-refractivity contribution in [2.45, 2.75) is 13.0 Å². The highest BCUT2D eigenvalue weighted by atomic mass is 32.1. The molecule has 0 aliphatic rings. The number of thiazole rings is 1. The molecule has 1 amide bonds. The van der Waals surface area contributed by atoms with Gasteiger partial charge in [-0.25, -0.2) is 4.98 Å². The average molecular weight is 350 g/mol. The van der Waals surface area contributed by atoms with E-state index in [-0.39, 0.29) is 18.5 Å². The fraction of sp³-hybridized carbons (Fsp3) is 0.211. The van der Waals surface area contributed by atoms with E-state index in [1.54, 1.807) is 35.6 Å². The summed E-state index contributed by atoms with van der Waals surface area (Å²) in [5.41, 5.74) is 2.14. The Hall–Kier alpha value is -2.75. The summed E-state index contributed by atoms with van der Waals surface area (Å²) < 4.78 is 1.15. The van der Waals surface area contributed by atoms with Gasteiger partial charge in [0.15, 0.2) is 0 Å². The van der Waals surface area contributed by atoms with Crippen molar-refractivity contribution in [2.75, 3.05) is 18.9 Å². The molecule has 0 radical (unpaired) electrons. The Morgan fingerprint density at radius 3 is 2.88 bits per heavy atom. The minimum Gasteiger partial charge on any atom is -0.325 e. The number of carbonyl (C=O) groups is 1. The normalized spacial score (nSPS) is 12.1. The number of hydrogen-bond donors (Lipinski definition) is 1. The Morgan fingerprint density at radius 2 is 2.12 bits per heavy atom. The minimum absolute atomic E-state index is 0.0357. The number of carbonyl (C=O) groups excluding carboxylic acids is 1. The van der Waals surface area contributed by atoms with Gasteiger partial charge in [0.1, 0.15) is 5.01 Å². The summed E-state index contributed by atoms with van der Waals surface area (Å²) in [6.45, 7) is 2.29. The molecule has 3 aromatic rings. The van der Waals surface area contributed by atoms with Crippen molar-refractivity contribution in [3.63, 3.8) is 0 Å². The second-order valence-corrected chi connectivity index (χ2v) is 6.91. The van der Waals surface area contributed by atoms with Crippen LogP contribution in [0.3, 0.4) is 0 Å². The molecule has 0 unspecified atom stereocenters. The fourth-order valence-electron chi connectivity index (χ4n) is 2.49. The van der Waals surface area contributed by atoms with E-state index < -0.39 is 0 Å². The molecule has 0 saturated carbocycles. The van der Waals surface area contributed by atoms with Crippen molar-refractivity contribution in [1.29, 1.82) is 5.26 Å². The molecule has 0 aliphatic heterocycles. The second-order valence-electron chi connectivity index (χ2n) is 5.85. The largest absolute Gasteiger partial charge is 0.325 e. The maximum absolute atomic E-state index is 12.3. The van der Waals surface area contributed by atoms with Crippen LogP contribution >= 0.6 is 11.3 Å². The summed E-state index contributed by atoms with van der Waals surface area (Å²) in [4.78, 5) is 18.9. The summed E-state index contributed by atoms with van der Waals surface area (Å²) in [7, 11) is 1.90. The van der Waals surface area contributed by atoms with Gasteiger partial charge in [0.05, 0.1) is 34.4 Å². The third kappa shape index (κ3) is 4.02. The summed E-state index contributed by atoms with van der Waals surface area (Å²) in [6, 6.07) is 17.0. The molecule has 1 N–H and O–H groups in total. The number of aromatic nitrogens is 1. The summed E-state index contributed by atoms with van der Waals surface area (Å²) in [5.74, 6) is -0.120. The van der Waals surface area contributed by atoms with Crippen LogP contribution in [0.2, 0.25) is 0 Å². The van der Waals surface area contributed by atoms with Gasteiger partial charge in [-0.3, -0.25) is 9.69 Å². The Morgan fingerprint density at radius 1 is 1.32 bits per heavy atom. The first-order valence-electron chi connectivity index (χ1n) is 7.92. The lowest BCUT2D eigenvalue weighted by Gasteiger charge is -2.22. The van der Waals surface area contributed by atoms with Crippen LogP contribution in [0.1, 0.15) is 23.5 Å². The number of fused-ring (bicyclic) bond motifs is 1. The van der Waals surface area contributed by atoms with Crippen molar-refractivity contribution in [3.05, 3.63) is 59.1 Å². The average Bonchev–Trinajstić information content (AvgIpc) is 3.05. The van der Waals surface area contributed by atoms with Crippen LogP contribution in [-0.4, -0.2) is 29.4 Å². The van der Waals surface area contributed by atoms with Crippen LogP contribution in [0.15, 0.2) is 48.5 Å². The zero-order chi connectivity index (χ0) is 17.8. The lowest BCUT2D eigenvalue weighted by atomic mass is 10.2. The van der Waals surface area contributed by atoms with Gasteiger partial charge in [-0.1, -0.05) is 18.2 Å². The second kappa shape index (κ2) is 7.43. The standard InChI is InChI=1S/C19H18N4OS/c1-13(19-22-16-8-3-4-9-17(16)25-19)23(2)12-18(24)21-15-7-5-6-14(10-15)11-20/h3-10,13H,12H2,1-2H3,(H,21,24)/t13-/m1/s1. The molecular formula is C19H18N4OS. The van der Waals surface area contributed by atoms with Crippen LogP contribution in [-0.2, 0) is 4.79 Å². The van der Waals surface area contributed by atoms with Crippen molar-refractivity contribution in [1.82, 2.24) is 9.88 Å². The first-order valence-corrected chi connectivity index (χ1v) is 8.74. The first kappa shape index (κ1) is 17.1.